The van der Waals surface area contributed by atoms with Gasteiger partial charge in [0.25, 0.3) is 0 Å². The average Bonchev–Trinajstić information content (AvgIpc) is 2.96. The van der Waals surface area contributed by atoms with Crippen molar-refractivity contribution >= 4 is 5.97 Å². The number of aryl methyl sites for hydroxylation is 1. The highest BCUT2D eigenvalue weighted by Gasteiger charge is 2.32. The van der Waals surface area contributed by atoms with E-state index in [1.54, 1.807) is 7.11 Å². The van der Waals surface area contributed by atoms with Gasteiger partial charge in [-0.15, -0.1) is 0 Å². The molecule has 0 saturated heterocycles. The number of benzene rings is 1. The first kappa shape index (κ1) is 22.2. The first-order chi connectivity index (χ1) is 13.1. The number of carbonyl (C=O) groups excluding carboxylic acids is 1. The summed E-state index contributed by atoms with van der Waals surface area (Å²) in [4.78, 5) is 12.4. The number of allylic oxidation sites excluding steroid dienone is 2. The van der Waals surface area contributed by atoms with E-state index in [-0.39, 0.29) is 12.1 Å². The fourth-order valence-corrected chi connectivity index (χ4v) is 3.22. The Morgan fingerprint density at radius 1 is 1.36 bits per heavy atom. The molecule has 1 aliphatic rings. The van der Waals surface area contributed by atoms with E-state index in [2.05, 4.69) is 18.2 Å². The van der Waals surface area contributed by atoms with Crippen molar-refractivity contribution in [1.29, 1.82) is 0 Å². The molecular weight excluding hydrogens is 352 g/mol. The van der Waals surface area contributed by atoms with Crippen molar-refractivity contribution in [3.05, 3.63) is 53.6 Å². The predicted molar refractivity (Wildman–Crippen MR) is 112 cm³/mol. The summed E-state index contributed by atoms with van der Waals surface area (Å²) >= 11 is 0. The van der Waals surface area contributed by atoms with Gasteiger partial charge in [-0.2, -0.15) is 0 Å². The van der Waals surface area contributed by atoms with E-state index in [0.29, 0.717) is 6.42 Å². The predicted octanol–water partition coefficient (Wildman–Crippen LogP) is 5.00. The number of carbonyl (C=O) groups is 1. The van der Waals surface area contributed by atoms with Gasteiger partial charge in [0.2, 0.25) is 0 Å². The van der Waals surface area contributed by atoms with Crippen molar-refractivity contribution in [2.75, 3.05) is 7.11 Å². The van der Waals surface area contributed by atoms with E-state index < -0.39 is 11.0 Å². The lowest BCUT2D eigenvalue weighted by atomic mass is 9.93. The van der Waals surface area contributed by atoms with Crippen LogP contribution in [-0.2, 0) is 16.0 Å². The van der Waals surface area contributed by atoms with Crippen LogP contribution in [0.1, 0.15) is 58.9 Å². The summed E-state index contributed by atoms with van der Waals surface area (Å²) in [6.07, 6.45) is 9.56. The minimum Gasteiger partial charge on any atom is -0.497 e. The van der Waals surface area contributed by atoms with Crippen molar-refractivity contribution in [3.63, 3.8) is 0 Å². The van der Waals surface area contributed by atoms with E-state index in [0.717, 1.165) is 37.0 Å². The molecule has 154 valence electrons. The van der Waals surface area contributed by atoms with Crippen molar-refractivity contribution < 1.29 is 19.4 Å². The lowest BCUT2D eigenvalue weighted by molar-refractivity contribution is -0.156. The molecule has 1 aromatic rings. The molecule has 1 N–H and O–H groups in total. The zero-order valence-corrected chi connectivity index (χ0v) is 17.8. The molecule has 2 unspecified atom stereocenters. The zero-order valence-electron chi connectivity index (χ0n) is 17.8. The van der Waals surface area contributed by atoms with Crippen LogP contribution in [0.3, 0.4) is 0 Å². The van der Waals surface area contributed by atoms with Gasteiger partial charge in [-0.25, -0.2) is 0 Å². The average molecular weight is 387 g/mol. The molecule has 0 radical (unpaired) electrons. The molecule has 1 aromatic carbocycles. The minimum absolute atomic E-state index is 0.229. The van der Waals surface area contributed by atoms with E-state index in [1.807, 2.05) is 52.0 Å². The van der Waals surface area contributed by atoms with Crippen LogP contribution in [0.15, 0.2) is 48.1 Å². The van der Waals surface area contributed by atoms with E-state index in [1.165, 1.54) is 5.56 Å². The third-order valence-electron chi connectivity index (χ3n) is 5.09. The second kappa shape index (κ2) is 9.42. The summed E-state index contributed by atoms with van der Waals surface area (Å²) < 4.78 is 11.0. The van der Waals surface area contributed by atoms with Gasteiger partial charge in [0.15, 0.2) is 0 Å². The standard InChI is InChI=1S/C24H34O4/c1-23(2,3)22(25)28-21(17-19-12-9-15-24(19,4)26)13-7-6-10-18-11-8-14-20(16-18)27-5/h7-8,11-14,16,21,26H,6,9-10,15,17H2,1-5H3. The first-order valence-corrected chi connectivity index (χ1v) is 10.0. The summed E-state index contributed by atoms with van der Waals surface area (Å²) in [5, 5.41) is 10.5. The van der Waals surface area contributed by atoms with Gasteiger partial charge in [-0.3, -0.25) is 4.79 Å². The molecule has 28 heavy (non-hydrogen) atoms. The van der Waals surface area contributed by atoms with Gasteiger partial charge >= 0.3 is 5.97 Å². The molecule has 0 aromatic heterocycles. The smallest absolute Gasteiger partial charge is 0.311 e. The monoisotopic (exact) mass is 386 g/mol. The second-order valence-corrected chi connectivity index (χ2v) is 8.76. The Labute approximate surface area is 169 Å². The number of rotatable bonds is 8. The third-order valence-corrected chi connectivity index (χ3v) is 5.09. The van der Waals surface area contributed by atoms with E-state index in [4.69, 9.17) is 9.47 Å². The highest BCUT2D eigenvalue weighted by Crippen LogP contribution is 2.34. The van der Waals surface area contributed by atoms with E-state index in [9.17, 15) is 9.90 Å². The number of ether oxygens (including phenoxy) is 2. The number of esters is 1. The molecule has 0 bridgehead atoms. The summed E-state index contributed by atoms with van der Waals surface area (Å²) in [7, 11) is 1.67. The maximum absolute atomic E-state index is 12.4. The number of hydrogen-bond acceptors (Lipinski definition) is 4. The van der Waals surface area contributed by atoms with Gasteiger partial charge in [0, 0.05) is 6.42 Å². The van der Waals surface area contributed by atoms with Crippen LogP contribution in [0.2, 0.25) is 0 Å². The Balaban J connectivity index is 2.01. The van der Waals surface area contributed by atoms with Crippen LogP contribution in [0.4, 0.5) is 0 Å². The topological polar surface area (TPSA) is 55.8 Å². The summed E-state index contributed by atoms with van der Waals surface area (Å²) in [5.74, 6) is 0.627. The van der Waals surface area contributed by atoms with Crippen LogP contribution in [0.25, 0.3) is 0 Å². The van der Waals surface area contributed by atoms with Gasteiger partial charge in [-0.05, 0) is 82.7 Å². The highest BCUT2D eigenvalue weighted by molar-refractivity contribution is 5.75. The van der Waals surface area contributed by atoms with Gasteiger partial charge in [0.05, 0.1) is 18.1 Å². The molecule has 0 fully saturated rings. The fourth-order valence-electron chi connectivity index (χ4n) is 3.22. The number of methoxy groups -OCH3 is 1. The van der Waals surface area contributed by atoms with Gasteiger partial charge in [0.1, 0.15) is 11.9 Å². The van der Waals surface area contributed by atoms with Crippen LogP contribution in [0, 0.1) is 5.41 Å². The molecule has 0 saturated carbocycles. The maximum Gasteiger partial charge on any atom is 0.311 e. The van der Waals surface area contributed by atoms with Crippen LogP contribution < -0.4 is 4.74 Å². The molecule has 4 heteroatoms. The molecule has 4 nitrogen and oxygen atoms in total. The summed E-state index contributed by atoms with van der Waals surface area (Å²) in [6.45, 7) is 7.39. The number of aliphatic hydroxyl groups is 1. The van der Waals surface area contributed by atoms with Crippen molar-refractivity contribution in [3.8, 4) is 5.75 Å². The van der Waals surface area contributed by atoms with Crippen molar-refractivity contribution in [2.24, 2.45) is 5.41 Å². The minimum atomic E-state index is -0.805. The maximum atomic E-state index is 12.4. The van der Waals surface area contributed by atoms with Crippen LogP contribution in [0.5, 0.6) is 5.75 Å². The second-order valence-electron chi connectivity index (χ2n) is 8.76. The largest absolute Gasteiger partial charge is 0.497 e. The zero-order chi connectivity index (χ0) is 20.8. The van der Waals surface area contributed by atoms with Crippen LogP contribution >= 0.6 is 0 Å². The van der Waals surface area contributed by atoms with E-state index >= 15 is 0 Å². The molecular formula is C24H34O4. The summed E-state index contributed by atoms with van der Waals surface area (Å²) in [6, 6.07) is 8.03. The third kappa shape index (κ3) is 6.52. The molecule has 2 atom stereocenters. The molecule has 0 spiro atoms. The Morgan fingerprint density at radius 2 is 2.11 bits per heavy atom. The Bertz CT molecular complexity index is 722. The fraction of sp³-hybridized carbons (Fsp3) is 0.542. The van der Waals surface area contributed by atoms with Crippen LogP contribution in [-0.4, -0.2) is 29.9 Å². The Morgan fingerprint density at radius 3 is 2.71 bits per heavy atom. The van der Waals surface area contributed by atoms with Gasteiger partial charge < -0.3 is 14.6 Å². The molecule has 0 aliphatic heterocycles. The van der Waals surface area contributed by atoms with Gasteiger partial charge in [-0.1, -0.05) is 24.3 Å². The lowest BCUT2D eigenvalue weighted by Gasteiger charge is -2.26. The highest BCUT2D eigenvalue weighted by atomic mass is 16.5. The molecule has 0 amide bonds. The quantitative estimate of drug-likeness (QED) is 0.504. The Hall–Kier alpha value is -2.07. The SMILES string of the molecule is COc1cccc(CCC=CC(CC2=CCCC2(C)O)OC(=O)C(C)(C)C)c1. The normalized spacial score (nSPS) is 20.9. The lowest BCUT2D eigenvalue weighted by Crippen LogP contribution is -2.30. The van der Waals surface area contributed by atoms with Crippen molar-refractivity contribution in [1.82, 2.24) is 0 Å². The molecule has 1 aliphatic carbocycles. The summed E-state index contributed by atoms with van der Waals surface area (Å²) in [5.41, 5.74) is 0.797. The van der Waals surface area contributed by atoms with Crippen molar-refractivity contribution in [2.45, 2.75) is 71.5 Å². The molecule has 2 rings (SSSR count). The molecule has 0 heterocycles. The number of hydrogen-bond donors (Lipinski definition) is 1. The first-order valence-electron chi connectivity index (χ1n) is 10.0. The Kier molecular flexibility index (Phi) is 7.48.